The maximum Gasteiger partial charge on any atom is 0.279 e. The molecule has 4 rings (SSSR count). The van der Waals surface area contributed by atoms with Gasteiger partial charge in [-0.05, 0) is 43.3 Å². The molecular formula is C21H18N4O2S. The minimum atomic E-state index is -0.318. The molecule has 2 aromatic heterocycles. The van der Waals surface area contributed by atoms with Crippen molar-refractivity contribution in [1.82, 2.24) is 14.5 Å². The normalized spacial score (nSPS) is 11.8. The number of benzene rings is 2. The van der Waals surface area contributed by atoms with Crippen LogP contribution in [0.15, 0.2) is 66.4 Å². The lowest BCUT2D eigenvalue weighted by molar-refractivity contribution is 0.0998. The number of rotatable bonds is 5. The van der Waals surface area contributed by atoms with E-state index in [0.717, 1.165) is 21.5 Å². The average molecular weight is 390 g/mol. The first-order valence-electron chi connectivity index (χ1n) is 8.86. The fourth-order valence-corrected chi connectivity index (χ4v) is 4.01. The van der Waals surface area contributed by atoms with Crippen LogP contribution in [0, 0.1) is 0 Å². The third kappa shape index (κ3) is 3.44. The smallest absolute Gasteiger partial charge is 0.279 e. The highest BCUT2D eigenvalue weighted by Gasteiger charge is 2.10. The third-order valence-corrected chi connectivity index (χ3v) is 5.23. The van der Waals surface area contributed by atoms with E-state index in [0.29, 0.717) is 29.0 Å². The van der Waals surface area contributed by atoms with Crippen molar-refractivity contribution in [3.05, 3.63) is 71.8 Å². The number of carbonyl (C=O) groups is 1. The van der Waals surface area contributed by atoms with Crippen molar-refractivity contribution in [2.45, 2.75) is 13.5 Å². The first-order chi connectivity index (χ1) is 13.7. The molecule has 0 saturated heterocycles. The van der Waals surface area contributed by atoms with Crippen molar-refractivity contribution < 1.29 is 9.53 Å². The molecule has 0 N–H and O–H groups in total. The topological polar surface area (TPSA) is 69.4 Å². The van der Waals surface area contributed by atoms with Gasteiger partial charge in [-0.1, -0.05) is 17.4 Å². The summed E-state index contributed by atoms with van der Waals surface area (Å²) in [5, 5.41) is 0. The maximum absolute atomic E-state index is 12.8. The molecule has 0 bridgehead atoms. The first kappa shape index (κ1) is 18.1. The molecule has 4 aromatic rings. The fraction of sp³-hybridized carbons (Fsp3) is 0.143. The van der Waals surface area contributed by atoms with Gasteiger partial charge in [0.15, 0.2) is 4.80 Å². The number of carbonyl (C=O) groups excluding carboxylic acids is 1. The largest absolute Gasteiger partial charge is 0.494 e. The summed E-state index contributed by atoms with van der Waals surface area (Å²) in [6, 6.07) is 11.1. The van der Waals surface area contributed by atoms with Gasteiger partial charge in [0.25, 0.3) is 5.91 Å². The van der Waals surface area contributed by atoms with Crippen LogP contribution in [0.25, 0.3) is 21.3 Å². The number of nitrogens with zero attached hydrogens (tertiary/aromatic N) is 4. The second-order valence-corrected chi connectivity index (χ2v) is 7.03. The van der Waals surface area contributed by atoms with Crippen LogP contribution in [-0.2, 0) is 6.54 Å². The summed E-state index contributed by atoms with van der Waals surface area (Å²) in [5.41, 5.74) is 2.88. The minimum Gasteiger partial charge on any atom is -0.494 e. The number of hydrogen-bond donors (Lipinski definition) is 0. The van der Waals surface area contributed by atoms with Gasteiger partial charge in [0.1, 0.15) is 5.75 Å². The standard InChI is InChI=1S/C21H18N4O2S/c1-3-11-25-18-8-6-15(27-4-2)13-19(18)28-21(25)24-20(26)14-5-7-16-17(12-14)23-10-9-22-16/h3,5-10,12-13H,1,4,11H2,2H3. The van der Waals surface area contributed by atoms with E-state index in [4.69, 9.17) is 4.74 Å². The van der Waals surface area contributed by atoms with E-state index in [2.05, 4.69) is 21.5 Å². The predicted octanol–water partition coefficient (Wildman–Crippen LogP) is 3.97. The van der Waals surface area contributed by atoms with E-state index in [1.165, 1.54) is 11.3 Å². The molecule has 0 atom stereocenters. The van der Waals surface area contributed by atoms with Crippen LogP contribution in [0.2, 0.25) is 0 Å². The molecule has 0 aliphatic rings. The highest BCUT2D eigenvalue weighted by Crippen LogP contribution is 2.23. The van der Waals surface area contributed by atoms with Crippen LogP contribution in [0.1, 0.15) is 17.3 Å². The Morgan fingerprint density at radius 1 is 1.21 bits per heavy atom. The summed E-state index contributed by atoms with van der Waals surface area (Å²) < 4.78 is 8.56. The van der Waals surface area contributed by atoms with Gasteiger partial charge in [-0.2, -0.15) is 4.99 Å². The molecular weight excluding hydrogens is 372 g/mol. The lowest BCUT2D eigenvalue weighted by atomic mass is 10.2. The van der Waals surface area contributed by atoms with Crippen LogP contribution < -0.4 is 9.54 Å². The predicted molar refractivity (Wildman–Crippen MR) is 111 cm³/mol. The van der Waals surface area contributed by atoms with E-state index in [1.54, 1.807) is 36.7 Å². The number of thiazole rings is 1. The molecule has 2 aromatic carbocycles. The van der Waals surface area contributed by atoms with Gasteiger partial charge in [0, 0.05) is 24.5 Å². The first-order valence-corrected chi connectivity index (χ1v) is 9.68. The molecule has 6 nitrogen and oxygen atoms in total. The molecule has 28 heavy (non-hydrogen) atoms. The number of fused-ring (bicyclic) bond motifs is 2. The van der Waals surface area contributed by atoms with Crippen molar-refractivity contribution in [3.63, 3.8) is 0 Å². The monoisotopic (exact) mass is 390 g/mol. The summed E-state index contributed by atoms with van der Waals surface area (Å²) in [4.78, 5) is 26.3. The van der Waals surface area contributed by atoms with Gasteiger partial charge >= 0.3 is 0 Å². The van der Waals surface area contributed by atoms with Crippen LogP contribution in [0.3, 0.4) is 0 Å². The molecule has 0 radical (unpaired) electrons. The Hall–Kier alpha value is -3.32. The Morgan fingerprint density at radius 2 is 2.04 bits per heavy atom. The summed E-state index contributed by atoms with van der Waals surface area (Å²) in [5.74, 6) is 0.481. The number of allylic oxidation sites excluding steroid dienone is 1. The Labute approximate surface area is 165 Å². The van der Waals surface area contributed by atoms with Crippen molar-refractivity contribution in [2.24, 2.45) is 4.99 Å². The summed E-state index contributed by atoms with van der Waals surface area (Å²) in [7, 11) is 0. The van der Waals surface area contributed by atoms with Crippen molar-refractivity contribution in [3.8, 4) is 5.75 Å². The number of ether oxygens (including phenoxy) is 1. The molecule has 140 valence electrons. The molecule has 0 aliphatic heterocycles. The quantitative estimate of drug-likeness (QED) is 0.484. The third-order valence-electron chi connectivity index (χ3n) is 4.19. The minimum absolute atomic E-state index is 0.318. The van der Waals surface area contributed by atoms with Crippen LogP contribution in [0.4, 0.5) is 0 Å². The average Bonchev–Trinajstić information content (AvgIpc) is 3.04. The molecule has 0 aliphatic carbocycles. The van der Waals surface area contributed by atoms with Crippen molar-refractivity contribution >= 4 is 38.5 Å². The Morgan fingerprint density at radius 3 is 2.82 bits per heavy atom. The zero-order valence-electron chi connectivity index (χ0n) is 15.3. The van der Waals surface area contributed by atoms with Crippen LogP contribution in [-0.4, -0.2) is 27.0 Å². The molecule has 2 heterocycles. The van der Waals surface area contributed by atoms with E-state index in [1.807, 2.05) is 29.7 Å². The van der Waals surface area contributed by atoms with Crippen LogP contribution in [0.5, 0.6) is 5.75 Å². The second-order valence-electron chi connectivity index (χ2n) is 6.02. The molecule has 7 heteroatoms. The summed E-state index contributed by atoms with van der Waals surface area (Å²) in [6.07, 6.45) is 5.02. The van der Waals surface area contributed by atoms with Gasteiger partial charge in [0.05, 0.1) is 27.9 Å². The van der Waals surface area contributed by atoms with Gasteiger partial charge in [-0.25, -0.2) is 0 Å². The molecule has 1 amide bonds. The zero-order valence-corrected chi connectivity index (χ0v) is 16.1. The summed E-state index contributed by atoms with van der Waals surface area (Å²) in [6.45, 7) is 6.93. The SMILES string of the molecule is C=CCn1c(=NC(=O)c2ccc3nccnc3c2)sc2cc(OCC)ccc21. The van der Waals surface area contributed by atoms with Gasteiger partial charge in [-0.3, -0.25) is 14.8 Å². The highest BCUT2D eigenvalue weighted by atomic mass is 32.1. The maximum atomic E-state index is 12.8. The lowest BCUT2D eigenvalue weighted by Gasteiger charge is -2.04. The number of hydrogen-bond acceptors (Lipinski definition) is 5. The van der Waals surface area contributed by atoms with E-state index < -0.39 is 0 Å². The van der Waals surface area contributed by atoms with Crippen molar-refractivity contribution in [2.75, 3.05) is 6.61 Å². The number of amides is 1. The Bertz CT molecular complexity index is 1260. The van der Waals surface area contributed by atoms with Gasteiger partial charge in [0.2, 0.25) is 0 Å². The molecule has 0 fully saturated rings. The second kappa shape index (κ2) is 7.74. The highest BCUT2D eigenvalue weighted by molar-refractivity contribution is 7.16. The van der Waals surface area contributed by atoms with Crippen molar-refractivity contribution in [1.29, 1.82) is 0 Å². The van der Waals surface area contributed by atoms with E-state index >= 15 is 0 Å². The van der Waals surface area contributed by atoms with Gasteiger partial charge < -0.3 is 9.30 Å². The summed E-state index contributed by atoms with van der Waals surface area (Å²) >= 11 is 1.45. The number of aromatic nitrogens is 3. The van der Waals surface area contributed by atoms with Gasteiger partial charge in [-0.15, -0.1) is 6.58 Å². The molecule has 0 saturated carbocycles. The Balaban J connectivity index is 1.80. The fourth-order valence-electron chi connectivity index (χ4n) is 2.95. The van der Waals surface area contributed by atoms with Crippen LogP contribution >= 0.6 is 11.3 Å². The molecule has 0 spiro atoms. The van der Waals surface area contributed by atoms with E-state index in [9.17, 15) is 4.79 Å². The lowest BCUT2D eigenvalue weighted by Crippen LogP contribution is -2.16. The Kier molecular flexibility index (Phi) is 4.99. The van der Waals surface area contributed by atoms with E-state index in [-0.39, 0.29) is 5.91 Å². The zero-order chi connectivity index (χ0) is 19.5. The molecule has 0 unspecified atom stereocenters.